The van der Waals surface area contributed by atoms with Gasteiger partial charge in [-0.3, -0.25) is 4.79 Å². The molecule has 3 heterocycles. The molecular weight excluding hydrogens is 436 g/mol. The molecule has 1 aliphatic heterocycles. The molecule has 1 saturated heterocycles. The number of nitrogens with two attached hydrogens (primary N) is 1. The zero-order valence-corrected chi connectivity index (χ0v) is 18.8. The maximum Gasteiger partial charge on any atom is 0.238 e. The fourth-order valence-corrected chi connectivity index (χ4v) is 4.65. The van der Waals surface area contributed by atoms with Gasteiger partial charge in [-0.2, -0.15) is 0 Å². The molecule has 5 rings (SSSR count). The minimum Gasteiger partial charge on any atom is -0.378 e. The maximum atomic E-state index is 11.6. The summed E-state index contributed by atoms with van der Waals surface area (Å²) < 4.78 is 6.42. The quantitative estimate of drug-likeness (QED) is 0.401. The van der Waals surface area contributed by atoms with E-state index in [0.717, 1.165) is 53.3 Å². The summed E-state index contributed by atoms with van der Waals surface area (Å²) in [7, 11) is 0. The molecule has 0 radical (unpaired) electrons. The maximum absolute atomic E-state index is 11.6. The first-order chi connectivity index (χ1) is 16.2. The Balaban J connectivity index is 1.37. The number of aromatic nitrogens is 2. The van der Waals surface area contributed by atoms with Crippen LogP contribution in [0.4, 0.5) is 23.0 Å². The summed E-state index contributed by atoms with van der Waals surface area (Å²) in [6.45, 7) is 3.29. The number of hydrogen-bond donors (Lipinski definition) is 3. The van der Waals surface area contributed by atoms with Crippen LogP contribution in [-0.2, 0) is 9.53 Å². The summed E-state index contributed by atoms with van der Waals surface area (Å²) in [4.78, 5) is 23.2. The van der Waals surface area contributed by atoms with E-state index in [1.165, 1.54) is 5.69 Å². The highest BCUT2D eigenvalue weighted by atomic mass is 32.1. The van der Waals surface area contributed by atoms with E-state index in [4.69, 9.17) is 15.5 Å². The van der Waals surface area contributed by atoms with E-state index < -0.39 is 0 Å². The predicted octanol–water partition coefficient (Wildman–Crippen LogP) is 3.84. The first-order valence-corrected chi connectivity index (χ1v) is 11.6. The lowest BCUT2D eigenvalue weighted by molar-refractivity contribution is -0.114. The highest BCUT2D eigenvalue weighted by Gasteiger charge is 2.13. The highest BCUT2D eigenvalue weighted by molar-refractivity contribution is 7.17. The topological polar surface area (TPSA) is 105 Å². The molecule has 0 unspecified atom stereocenters. The average Bonchev–Trinajstić information content (AvgIpc) is 3.28. The zero-order valence-electron chi connectivity index (χ0n) is 18.0. The van der Waals surface area contributed by atoms with Gasteiger partial charge in [0.05, 0.1) is 36.2 Å². The zero-order chi connectivity index (χ0) is 22.6. The van der Waals surface area contributed by atoms with Crippen LogP contribution >= 0.6 is 11.3 Å². The molecule has 1 fully saturated rings. The number of carbonyl (C=O) groups excluding carboxylic acids is 1. The van der Waals surface area contributed by atoms with Gasteiger partial charge in [-0.05, 0) is 42.0 Å². The standard InChI is InChI=1S/C24H24N6O2S/c25-13-22(31)27-18-3-1-2-16(12-18)20-15-33-21-14-26-24(29-23(20)21)28-17-4-6-19(7-5-17)30-8-10-32-11-9-30/h1-7,12,14-15H,8-11,13,25H2,(H,27,31)(H,26,28,29). The number of fused-ring (bicyclic) bond motifs is 1. The SMILES string of the molecule is NCC(=O)Nc1cccc(-c2csc3cnc(Nc4ccc(N5CCOCC5)cc4)nc23)c1. The van der Waals surface area contributed by atoms with Gasteiger partial charge in [-0.25, -0.2) is 9.97 Å². The van der Waals surface area contributed by atoms with Crippen molar-refractivity contribution in [2.24, 2.45) is 5.73 Å². The molecule has 8 nitrogen and oxygen atoms in total. The summed E-state index contributed by atoms with van der Waals surface area (Å²) in [5.74, 6) is 0.310. The van der Waals surface area contributed by atoms with Gasteiger partial charge in [0.2, 0.25) is 11.9 Å². The number of benzene rings is 2. The molecule has 9 heteroatoms. The van der Waals surface area contributed by atoms with Gasteiger partial charge >= 0.3 is 0 Å². The van der Waals surface area contributed by atoms with Crippen molar-refractivity contribution in [1.82, 2.24) is 9.97 Å². The van der Waals surface area contributed by atoms with E-state index in [9.17, 15) is 4.79 Å². The van der Waals surface area contributed by atoms with Crippen LogP contribution < -0.4 is 21.3 Å². The van der Waals surface area contributed by atoms with Crippen molar-refractivity contribution in [2.45, 2.75) is 0 Å². The summed E-state index contributed by atoms with van der Waals surface area (Å²) >= 11 is 1.59. The third-order valence-electron chi connectivity index (χ3n) is 5.46. The summed E-state index contributed by atoms with van der Waals surface area (Å²) in [5.41, 5.74) is 11.0. The van der Waals surface area contributed by atoms with Crippen LogP contribution in [0.1, 0.15) is 0 Å². The molecule has 1 amide bonds. The van der Waals surface area contributed by atoms with Crippen molar-refractivity contribution < 1.29 is 9.53 Å². The van der Waals surface area contributed by atoms with Crippen molar-refractivity contribution in [3.05, 3.63) is 60.1 Å². The molecule has 168 valence electrons. The minimum absolute atomic E-state index is 0.0543. The molecule has 0 atom stereocenters. The average molecular weight is 461 g/mol. The van der Waals surface area contributed by atoms with Gasteiger partial charge in [0.15, 0.2) is 0 Å². The second kappa shape index (κ2) is 9.53. The van der Waals surface area contributed by atoms with Gasteiger partial charge in [-0.15, -0.1) is 11.3 Å². The Morgan fingerprint density at radius 2 is 1.94 bits per heavy atom. The first-order valence-electron chi connectivity index (χ1n) is 10.7. The minimum atomic E-state index is -0.226. The summed E-state index contributed by atoms with van der Waals surface area (Å²) in [6.07, 6.45) is 1.83. The number of thiophene rings is 1. The van der Waals surface area contributed by atoms with Gasteiger partial charge in [0.25, 0.3) is 0 Å². The summed E-state index contributed by atoms with van der Waals surface area (Å²) in [6, 6.07) is 15.9. The number of nitrogens with one attached hydrogen (secondary N) is 2. The highest BCUT2D eigenvalue weighted by Crippen LogP contribution is 2.34. The molecule has 33 heavy (non-hydrogen) atoms. The first kappa shape index (κ1) is 21.3. The van der Waals surface area contributed by atoms with Gasteiger partial charge in [0, 0.05) is 41.1 Å². The van der Waals surface area contributed by atoms with Crippen molar-refractivity contribution in [3.63, 3.8) is 0 Å². The lowest BCUT2D eigenvalue weighted by Crippen LogP contribution is -2.36. The van der Waals surface area contributed by atoms with Crippen molar-refractivity contribution in [3.8, 4) is 11.1 Å². The molecule has 4 aromatic rings. The Morgan fingerprint density at radius 1 is 1.12 bits per heavy atom. The number of carbonyl (C=O) groups is 1. The second-order valence-electron chi connectivity index (χ2n) is 7.66. The smallest absolute Gasteiger partial charge is 0.238 e. The van der Waals surface area contributed by atoms with Gasteiger partial charge in [0.1, 0.15) is 0 Å². The second-order valence-corrected chi connectivity index (χ2v) is 8.57. The number of amides is 1. The molecule has 0 bridgehead atoms. The molecule has 0 spiro atoms. The monoisotopic (exact) mass is 460 g/mol. The predicted molar refractivity (Wildman–Crippen MR) is 133 cm³/mol. The number of ether oxygens (including phenoxy) is 1. The Labute approximate surface area is 195 Å². The van der Waals surface area contributed by atoms with Crippen LogP contribution in [0, 0.1) is 0 Å². The lowest BCUT2D eigenvalue weighted by atomic mass is 10.1. The van der Waals surface area contributed by atoms with E-state index in [1.807, 2.05) is 42.6 Å². The third-order valence-corrected chi connectivity index (χ3v) is 6.36. The van der Waals surface area contributed by atoms with Crippen LogP contribution in [0.3, 0.4) is 0 Å². The van der Waals surface area contributed by atoms with E-state index in [2.05, 4.69) is 38.0 Å². The number of nitrogens with zero attached hydrogens (tertiary/aromatic N) is 3. The van der Waals surface area contributed by atoms with E-state index in [1.54, 1.807) is 11.3 Å². The van der Waals surface area contributed by atoms with E-state index in [-0.39, 0.29) is 12.5 Å². The molecule has 0 saturated carbocycles. The number of rotatable bonds is 6. The largest absolute Gasteiger partial charge is 0.378 e. The number of hydrogen-bond acceptors (Lipinski definition) is 8. The van der Waals surface area contributed by atoms with Crippen LogP contribution in [0.25, 0.3) is 21.3 Å². The van der Waals surface area contributed by atoms with Gasteiger partial charge < -0.3 is 26.0 Å². The fourth-order valence-electron chi connectivity index (χ4n) is 3.78. The Morgan fingerprint density at radius 3 is 2.73 bits per heavy atom. The summed E-state index contributed by atoms with van der Waals surface area (Å²) in [5, 5.41) is 8.17. The molecule has 2 aromatic carbocycles. The van der Waals surface area contributed by atoms with Crippen LogP contribution in [0.5, 0.6) is 0 Å². The molecule has 0 aliphatic carbocycles. The van der Waals surface area contributed by atoms with Crippen molar-refractivity contribution >= 4 is 50.5 Å². The Bertz CT molecular complexity index is 1270. The molecule has 4 N–H and O–H groups in total. The van der Waals surface area contributed by atoms with E-state index >= 15 is 0 Å². The van der Waals surface area contributed by atoms with Crippen LogP contribution in [-0.4, -0.2) is 48.7 Å². The molecule has 2 aromatic heterocycles. The Kier molecular flexibility index (Phi) is 6.16. The van der Waals surface area contributed by atoms with Gasteiger partial charge in [-0.1, -0.05) is 12.1 Å². The van der Waals surface area contributed by atoms with Crippen LogP contribution in [0.15, 0.2) is 60.1 Å². The van der Waals surface area contributed by atoms with E-state index in [0.29, 0.717) is 11.6 Å². The fraction of sp³-hybridized carbons (Fsp3) is 0.208. The Hall–Kier alpha value is -3.53. The number of anilines is 4. The van der Waals surface area contributed by atoms with Crippen LogP contribution in [0.2, 0.25) is 0 Å². The third kappa shape index (κ3) is 4.80. The van der Waals surface area contributed by atoms with Crippen molar-refractivity contribution in [2.75, 3.05) is 48.4 Å². The normalized spacial score (nSPS) is 13.8. The lowest BCUT2D eigenvalue weighted by Gasteiger charge is -2.28. The molecular formula is C24H24N6O2S. The number of morpholine rings is 1. The molecule has 1 aliphatic rings. The van der Waals surface area contributed by atoms with Crippen molar-refractivity contribution in [1.29, 1.82) is 0 Å².